The highest BCUT2D eigenvalue weighted by Crippen LogP contribution is 2.24. The summed E-state index contributed by atoms with van der Waals surface area (Å²) in [5, 5.41) is 20.8. The first-order valence-corrected chi connectivity index (χ1v) is 7.40. The lowest BCUT2D eigenvalue weighted by Gasteiger charge is -2.17. The lowest BCUT2D eigenvalue weighted by atomic mass is 10.1. The van der Waals surface area contributed by atoms with Gasteiger partial charge in [0.25, 0.3) is 0 Å². The lowest BCUT2D eigenvalue weighted by Crippen LogP contribution is -2.33. The Bertz CT molecular complexity index is 651. The number of benzene rings is 1. The average Bonchev–Trinajstić information content (AvgIpc) is 2.98. The summed E-state index contributed by atoms with van der Waals surface area (Å²) in [4.78, 5) is 24.5. The van der Waals surface area contributed by atoms with Gasteiger partial charge in [0.15, 0.2) is 0 Å². The standard InChI is InChI=1S/C16H19N3O4/c1-10(2)23-14-4-3-13(7-12(14)8-17)18-16(22)19-6-5-11(9-19)15(20)21/h3-4,7,10-11H,5-6,9H2,1-2H3,(H,18,22)(H,20,21). The van der Waals surface area contributed by atoms with Gasteiger partial charge in [0, 0.05) is 18.8 Å². The van der Waals surface area contributed by atoms with E-state index in [-0.39, 0.29) is 18.7 Å². The second kappa shape index (κ2) is 7.01. The van der Waals surface area contributed by atoms with E-state index in [1.165, 1.54) is 4.90 Å². The van der Waals surface area contributed by atoms with Gasteiger partial charge in [-0.05, 0) is 38.5 Å². The van der Waals surface area contributed by atoms with Crippen molar-refractivity contribution in [1.82, 2.24) is 4.90 Å². The maximum atomic E-state index is 12.2. The van der Waals surface area contributed by atoms with Gasteiger partial charge < -0.3 is 20.1 Å². The van der Waals surface area contributed by atoms with E-state index in [4.69, 9.17) is 9.84 Å². The summed E-state index contributed by atoms with van der Waals surface area (Å²) in [5.74, 6) is -0.938. The molecule has 23 heavy (non-hydrogen) atoms. The quantitative estimate of drug-likeness (QED) is 0.887. The van der Waals surface area contributed by atoms with Gasteiger partial charge in [0.2, 0.25) is 0 Å². The minimum Gasteiger partial charge on any atom is -0.490 e. The monoisotopic (exact) mass is 317 g/mol. The van der Waals surface area contributed by atoms with Crippen LogP contribution in [0.2, 0.25) is 0 Å². The summed E-state index contributed by atoms with van der Waals surface area (Å²) in [5.41, 5.74) is 0.808. The van der Waals surface area contributed by atoms with Crippen molar-refractivity contribution in [3.8, 4) is 11.8 Å². The average molecular weight is 317 g/mol. The third kappa shape index (κ3) is 4.13. The summed E-state index contributed by atoms with van der Waals surface area (Å²) in [6, 6.07) is 6.51. The first kappa shape index (κ1) is 16.6. The molecule has 7 heteroatoms. The van der Waals surface area contributed by atoms with Gasteiger partial charge in [-0.3, -0.25) is 4.79 Å². The number of nitrogens with zero attached hydrogens (tertiary/aromatic N) is 2. The van der Waals surface area contributed by atoms with Gasteiger partial charge in [-0.15, -0.1) is 0 Å². The molecule has 1 heterocycles. The van der Waals surface area contributed by atoms with Gasteiger partial charge in [0.1, 0.15) is 11.8 Å². The van der Waals surface area contributed by atoms with Crippen LogP contribution in [0.5, 0.6) is 5.75 Å². The van der Waals surface area contributed by atoms with E-state index in [1.54, 1.807) is 18.2 Å². The summed E-state index contributed by atoms with van der Waals surface area (Å²) in [6.07, 6.45) is 0.396. The van der Waals surface area contributed by atoms with Crippen molar-refractivity contribution in [1.29, 1.82) is 5.26 Å². The number of carboxylic acid groups (broad SMARTS) is 1. The maximum Gasteiger partial charge on any atom is 0.321 e. The third-order valence-corrected chi connectivity index (χ3v) is 3.54. The summed E-state index contributed by atoms with van der Waals surface area (Å²) in [7, 11) is 0. The highest BCUT2D eigenvalue weighted by molar-refractivity contribution is 5.90. The molecular formula is C16H19N3O4. The fourth-order valence-corrected chi connectivity index (χ4v) is 2.40. The molecule has 2 amide bonds. The molecule has 0 aliphatic carbocycles. The SMILES string of the molecule is CC(C)Oc1ccc(NC(=O)N2CCC(C(=O)O)C2)cc1C#N. The molecule has 0 radical (unpaired) electrons. The van der Waals surface area contributed by atoms with Crippen LogP contribution in [0.3, 0.4) is 0 Å². The number of urea groups is 1. The highest BCUT2D eigenvalue weighted by atomic mass is 16.5. The van der Waals surface area contributed by atoms with Gasteiger partial charge in [-0.2, -0.15) is 5.26 Å². The molecule has 1 saturated heterocycles. The lowest BCUT2D eigenvalue weighted by molar-refractivity contribution is -0.141. The van der Waals surface area contributed by atoms with E-state index < -0.39 is 11.9 Å². The number of aliphatic carboxylic acids is 1. The molecule has 1 unspecified atom stereocenters. The molecule has 1 aromatic carbocycles. The van der Waals surface area contributed by atoms with Crippen molar-refractivity contribution in [2.24, 2.45) is 5.92 Å². The molecule has 2 rings (SSSR count). The summed E-state index contributed by atoms with van der Waals surface area (Å²) >= 11 is 0. The molecule has 122 valence electrons. The van der Waals surface area contributed by atoms with Crippen LogP contribution in [0, 0.1) is 17.2 Å². The Kier molecular flexibility index (Phi) is 5.06. The Hall–Kier alpha value is -2.75. The number of likely N-dealkylation sites (tertiary alicyclic amines) is 1. The Morgan fingerprint density at radius 3 is 2.78 bits per heavy atom. The highest BCUT2D eigenvalue weighted by Gasteiger charge is 2.30. The van der Waals surface area contributed by atoms with Crippen LogP contribution in [-0.4, -0.2) is 41.2 Å². The van der Waals surface area contributed by atoms with Gasteiger partial charge in [-0.1, -0.05) is 0 Å². The molecule has 0 bridgehead atoms. The predicted octanol–water partition coefficient (Wildman–Crippen LogP) is 2.28. The van der Waals surface area contributed by atoms with Gasteiger partial charge in [-0.25, -0.2) is 4.79 Å². The van der Waals surface area contributed by atoms with E-state index in [9.17, 15) is 14.9 Å². The number of nitrogens with one attached hydrogen (secondary N) is 1. The van der Waals surface area contributed by atoms with Crippen LogP contribution in [0.25, 0.3) is 0 Å². The molecule has 0 aromatic heterocycles. The minimum atomic E-state index is -0.887. The Labute approximate surface area is 134 Å². The predicted molar refractivity (Wildman–Crippen MR) is 83.3 cm³/mol. The number of hydrogen-bond acceptors (Lipinski definition) is 4. The molecule has 0 saturated carbocycles. The fourth-order valence-electron chi connectivity index (χ4n) is 2.40. The number of carboxylic acids is 1. The number of nitriles is 1. The number of hydrogen-bond donors (Lipinski definition) is 2. The van der Waals surface area contributed by atoms with Crippen molar-refractivity contribution >= 4 is 17.7 Å². The number of carbonyl (C=O) groups is 2. The normalized spacial score (nSPS) is 17.0. The number of ether oxygens (including phenoxy) is 1. The third-order valence-electron chi connectivity index (χ3n) is 3.54. The van der Waals surface area contributed by atoms with Crippen LogP contribution in [0.4, 0.5) is 10.5 Å². The Balaban J connectivity index is 2.04. The van der Waals surface area contributed by atoms with Crippen molar-refractivity contribution in [2.45, 2.75) is 26.4 Å². The van der Waals surface area contributed by atoms with Crippen LogP contribution in [0.15, 0.2) is 18.2 Å². The fraction of sp³-hybridized carbons (Fsp3) is 0.438. The van der Waals surface area contributed by atoms with Crippen LogP contribution in [-0.2, 0) is 4.79 Å². The molecule has 7 nitrogen and oxygen atoms in total. The van der Waals surface area contributed by atoms with Crippen LogP contribution >= 0.6 is 0 Å². The molecule has 1 aromatic rings. The largest absolute Gasteiger partial charge is 0.490 e. The molecule has 1 aliphatic heterocycles. The minimum absolute atomic E-state index is 0.0555. The Morgan fingerprint density at radius 2 is 2.22 bits per heavy atom. The van der Waals surface area contributed by atoms with Crippen LogP contribution in [0.1, 0.15) is 25.8 Å². The van der Waals surface area contributed by atoms with Gasteiger partial charge >= 0.3 is 12.0 Å². The molecule has 1 fully saturated rings. The zero-order chi connectivity index (χ0) is 17.0. The zero-order valence-corrected chi connectivity index (χ0v) is 13.1. The van der Waals surface area contributed by atoms with Crippen molar-refractivity contribution in [3.05, 3.63) is 23.8 Å². The first-order chi connectivity index (χ1) is 10.9. The second-order valence-electron chi connectivity index (χ2n) is 5.69. The van der Waals surface area contributed by atoms with Gasteiger partial charge in [0.05, 0.1) is 17.6 Å². The molecule has 0 spiro atoms. The Morgan fingerprint density at radius 1 is 1.48 bits per heavy atom. The maximum absolute atomic E-state index is 12.2. The molecule has 1 aliphatic rings. The summed E-state index contributed by atoms with van der Waals surface area (Å²) in [6.45, 7) is 4.33. The van der Waals surface area contributed by atoms with Crippen molar-refractivity contribution in [2.75, 3.05) is 18.4 Å². The molecule has 2 N–H and O–H groups in total. The number of anilines is 1. The van der Waals surface area contributed by atoms with Crippen molar-refractivity contribution < 1.29 is 19.4 Å². The van der Waals surface area contributed by atoms with E-state index in [0.717, 1.165) is 0 Å². The van der Waals surface area contributed by atoms with E-state index >= 15 is 0 Å². The molecular weight excluding hydrogens is 298 g/mol. The summed E-state index contributed by atoms with van der Waals surface area (Å²) < 4.78 is 5.53. The van der Waals surface area contributed by atoms with Crippen molar-refractivity contribution in [3.63, 3.8) is 0 Å². The van der Waals surface area contributed by atoms with Crippen LogP contribution < -0.4 is 10.1 Å². The number of amides is 2. The molecule has 1 atom stereocenters. The van der Waals surface area contributed by atoms with E-state index in [0.29, 0.717) is 30.0 Å². The zero-order valence-electron chi connectivity index (χ0n) is 13.1. The van der Waals surface area contributed by atoms with E-state index in [2.05, 4.69) is 5.32 Å². The second-order valence-corrected chi connectivity index (χ2v) is 5.69. The van der Waals surface area contributed by atoms with E-state index in [1.807, 2.05) is 19.9 Å². The number of carbonyl (C=O) groups excluding carboxylic acids is 1. The first-order valence-electron chi connectivity index (χ1n) is 7.40. The topological polar surface area (TPSA) is 103 Å². The number of rotatable bonds is 4. The smallest absolute Gasteiger partial charge is 0.321 e.